The molecule has 1 aromatic carbocycles. The van der Waals surface area contributed by atoms with Crippen LogP contribution in [0.1, 0.15) is 58.4 Å². The zero-order chi connectivity index (χ0) is 22.2. The van der Waals surface area contributed by atoms with Crippen LogP contribution in [0.25, 0.3) is 0 Å². The van der Waals surface area contributed by atoms with E-state index in [4.69, 9.17) is 4.74 Å². The molecule has 4 heteroatoms. The number of hydrogen-bond donors (Lipinski definition) is 2. The van der Waals surface area contributed by atoms with E-state index in [1.165, 1.54) is 24.0 Å². The zero-order valence-electron chi connectivity index (χ0n) is 19.2. The molecule has 2 N–H and O–H groups in total. The number of aryl methyl sites for hydroxylation is 1. The maximum atomic E-state index is 12.2. The van der Waals surface area contributed by atoms with E-state index in [0.29, 0.717) is 12.3 Å². The standard InChI is InChI=1S/C27H35NO3/c1-17(2)21-10-12-27(4)13-11-22-23(25(21)27)9-8-19(15-24(22)29)16-31-26(30)28-20-7-5-6-18(3)14-20/h5-9,14,17,22,24,29H,10-13,15-16H2,1-4H3,(H,28,30). The fourth-order valence-electron chi connectivity index (χ4n) is 5.66. The number of fused-ring (bicyclic) bond motifs is 3. The average Bonchev–Trinajstić information content (AvgIpc) is 2.99. The molecule has 0 saturated heterocycles. The van der Waals surface area contributed by atoms with Crippen molar-refractivity contribution in [3.63, 3.8) is 0 Å². The van der Waals surface area contributed by atoms with E-state index >= 15 is 0 Å². The smallest absolute Gasteiger partial charge is 0.411 e. The minimum atomic E-state index is -0.469. The maximum absolute atomic E-state index is 12.2. The molecule has 166 valence electrons. The van der Waals surface area contributed by atoms with E-state index in [9.17, 15) is 9.90 Å². The van der Waals surface area contributed by atoms with Gasteiger partial charge in [0, 0.05) is 11.6 Å². The minimum absolute atomic E-state index is 0.171. The number of nitrogens with one attached hydrogen (secondary N) is 1. The molecule has 1 saturated carbocycles. The molecule has 3 aliphatic rings. The summed E-state index contributed by atoms with van der Waals surface area (Å²) in [5.74, 6) is 0.707. The molecule has 4 nitrogen and oxygen atoms in total. The lowest BCUT2D eigenvalue weighted by atomic mass is 9.64. The summed E-state index contributed by atoms with van der Waals surface area (Å²) in [5.41, 5.74) is 7.40. The number of allylic oxidation sites excluding steroid dienone is 4. The summed E-state index contributed by atoms with van der Waals surface area (Å²) in [6.07, 6.45) is 8.47. The molecule has 0 heterocycles. The summed E-state index contributed by atoms with van der Waals surface area (Å²) in [5, 5.41) is 13.8. The molecule has 1 aromatic rings. The van der Waals surface area contributed by atoms with Crippen LogP contribution in [-0.2, 0) is 4.74 Å². The Hall–Kier alpha value is -2.33. The molecule has 3 unspecified atom stereocenters. The van der Waals surface area contributed by atoms with Gasteiger partial charge in [-0.05, 0) is 84.8 Å². The second kappa shape index (κ2) is 8.66. The number of carbonyl (C=O) groups excluding carboxylic acids is 1. The Bertz CT molecular complexity index is 955. The highest BCUT2D eigenvalue weighted by Crippen LogP contribution is 2.57. The van der Waals surface area contributed by atoms with Crippen molar-refractivity contribution in [3.05, 3.63) is 64.3 Å². The summed E-state index contributed by atoms with van der Waals surface area (Å²) in [4.78, 5) is 12.2. The highest BCUT2D eigenvalue weighted by atomic mass is 16.5. The predicted octanol–water partition coefficient (Wildman–Crippen LogP) is 6.32. The summed E-state index contributed by atoms with van der Waals surface area (Å²) in [6, 6.07) is 7.64. The lowest BCUT2D eigenvalue weighted by Crippen LogP contribution is -2.33. The number of anilines is 1. The molecule has 3 atom stereocenters. The molecule has 31 heavy (non-hydrogen) atoms. The zero-order valence-corrected chi connectivity index (χ0v) is 19.2. The number of aliphatic hydroxyl groups is 1. The van der Waals surface area contributed by atoms with Gasteiger partial charge < -0.3 is 9.84 Å². The quantitative estimate of drug-likeness (QED) is 0.598. The van der Waals surface area contributed by atoms with Crippen LogP contribution in [0.2, 0.25) is 0 Å². The molecule has 3 aliphatic carbocycles. The largest absolute Gasteiger partial charge is 0.445 e. The first-order valence-electron chi connectivity index (χ1n) is 11.6. The van der Waals surface area contributed by atoms with Gasteiger partial charge in [0.05, 0.1) is 6.10 Å². The highest BCUT2D eigenvalue weighted by molar-refractivity contribution is 5.84. The maximum Gasteiger partial charge on any atom is 0.411 e. The number of rotatable bonds is 4. The molecule has 0 bridgehead atoms. The van der Waals surface area contributed by atoms with Crippen molar-refractivity contribution in [2.45, 2.75) is 65.9 Å². The van der Waals surface area contributed by atoms with Gasteiger partial charge in [0.1, 0.15) is 6.61 Å². The Morgan fingerprint density at radius 2 is 2.10 bits per heavy atom. The lowest BCUT2D eigenvalue weighted by molar-refractivity contribution is 0.0997. The number of carbonyl (C=O) groups is 1. The molecule has 4 rings (SSSR count). The van der Waals surface area contributed by atoms with Crippen LogP contribution in [0.3, 0.4) is 0 Å². The van der Waals surface area contributed by atoms with Gasteiger partial charge in [-0.3, -0.25) is 5.32 Å². The van der Waals surface area contributed by atoms with Crippen LogP contribution in [0.4, 0.5) is 10.5 Å². The van der Waals surface area contributed by atoms with Crippen molar-refractivity contribution in [2.75, 3.05) is 11.9 Å². The van der Waals surface area contributed by atoms with Crippen LogP contribution in [0.15, 0.2) is 58.7 Å². The number of aliphatic hydroxyl groups excluding tert-OH is 1. The van der Waals surface area contributed by atoms with E-state index < -0.39 is 12.2 Å². The Labute approximate surface area is 186 Å². The van der Waals surface area contributed by atoms with Crippen molar-refractivity contribution >= 4 is 11.8 Å². The molecular formula is C27H35NO3. The summed E-state index contributed by atoms with van der Waals surface area (Å²) in [7, 11) is 0. The first kappa shape index (κ1) is 21.9. The van der Waals surface area contributed by atoms with Crippen molar-refractivity contribution in [2.24, 2.45) is 17.3 Å². The third-order valence-electron chi connectivity index (χ3n) is 7.35. The van der Waals surface area contributed by atoms with E-state index in [2.05, 4.69) is 38.2 Å². The van der Waals surface area contributed by atoms with Gasteiger partial charge in [-0.2, -0.15) is 0 Å². The van der Waals surface area contributed by atoms with E-state index in [1.54, 1.807) is 5.57 Å². The van der Waals surface area contributed by atoms with Gasteiger partial charge >= 0.3 is 6.09 Å². The van der Waals surface area contributed by atoms with Gasteiger partial charge in [0.2, 0.25) is 0 Å². The highest BCUT2D eigenvalue weighted by Gasteiger charge is 2.46. The first-order valence-corrected chi connectivity index (χ1v) is 11.6. The molecular weight excluding hydrogens is 386 g/mol. The van der Waals surface area contributed by atoms with Crippen molar-refractivity contribution in [1.29, 1.82) is 0 Å². The summed E-state index contributed by atoms with van der Waals surface area (Å²) < 4.78 is 5.48. The van der Waals surface area contributed by atoms with Crippen LogP contribution in [-0.4, -0.2) is 23.9 Å². The lowest BCUT2D eigenvalue weighted by Gasteiger charge is -2.41. The topological polar surface area (TPSA) is 58.6 Å². The Morgan fingerprint density at radius 3 is 2.84 bits per heavy atom. The van der Waals surface area contributed by atoms with E-state index in [-0.39, 0.29) is 17.9 Å². The second-order valence-electron chi connectivity index (χ2n) is 10.0. The summed E-state index contributed by atoms with van der Waals surface area (Å²) in [6.45, 7) is 9.14. The van der Waals surface area contributed by atoms with E-state index in [1.807, 2.05) is 31.2 Å². The third kappa shape index (κ3) is 4.50. The monoisotopic (exact) mass is 421 g/mol. The SMILES string of the molecule is Cc1cccc(NC(=O)OCC2=CC=C3C4=C(C(C)C)CCC4(C)CCC3C(O)C2)c1. The molecule has 0 aliphatic heterocycles. The van der Waals surface area contributed by atoms with Crippen molar-refractivity contribution in [1.82, 2.24) is 0 Å². The first-order chi connectivity index (χ1) is 14.8. The Balaban J connectivity index is 1.50. The van der Waals surface area contributed by atoms with E-state index in [0.717, 1.165) is 29.7 Å². The van der Waals surface area contributed by atoms with Gasteiger partial charge in [-0.25, -0.2) is 4.79 Å². The summed E-state index contributed by atoms with van der Waals surface area (Å²) >= 11 is 0. The van der Waals surface area contributed by atoms with Crippen LogP contribution < -0.4 is 5.32 Å². The number of hydrogen-bond acceptors (Lipinski definition) is 3. The molecule has 1 amide bonds. The predicted molar refractivity (Wildman–Crippen MR) is 125 cm³/mol. The molecule has 1 fully saturated rings. The van der Waals surface area contributed by atoms with Crippen LogP contribution in [0.5, 0.6) is 0 Å². The fraction of sp³-hybridized carbons (Fsp3) is 0.519. The van der Waals surface area contributed by atoms with Crippen LogP contribution in [0, 0.1) is 24.2 Å². The molecule has 0 spiro atoms. The number of benzene rings is 1. The van der Waals surface area contributed by atoms with Gasteiger partial charge in [-0.15, -0.1) is 0 Å². The van der Waals surface area contributed by atoms with Crippen molar-refractivity contribution < 1.29 is 14.6 Å². The van der Waals surface area contributed by atoms with Gasteiger partial charge in [-0.1, -0.05) is 50.6 Å². The molecule has 0 radical (unpaired) electrons. The van der Waals surface area contributed by atoms with Gasteiger partial charge in [0.15, 0.2) is 0 Å². The fourth-order valence-corrected chi connectivity index (χ4v) is 5.66. The average molecular weight is 422 g/mol. The second-order valence-corrected chi connectivity index (χ2v) is 10.0. The minimum Gasteiger partial charge on any atom is -0.445 e. The molecule has 0 aromatic heterocycles. The van der Waals surface area contributed by atoms with Crippen molar-refractivity contribution in [3.8, 4) is 0 Å². The van der Waals surface area contributed by atoms with Gasteiger partial charge in [0.25, 0.3) is 0 Å². The third-order valence-corrected chi connectivity index (χ3v) is 7.35. The normalized spacial score (nSPS) is 27.8. The number of amides is 1. The van der Waals surface area contributed by atoms with Crippen LogP contribution >= 0.6 is 0 Å². The number of ether oxygens (including phenoxy) is 1. The Kier molecular flexibility index (Phi) is 6.11. The Morgan fingerprint density at radius 1 is 1.29 bits per heavy atom.